The minimum atomic E-state index is -0.252. The molecule has 1 fully saturated rings. The molecule has 0 saturated carbocycles. The Kier molecular flexibility index (Phi) is 3.73. The number of carbonyl (C=O) groups excluding carboxylic acids is 1. The van der Waals surface area contributed by atoms with Crippen molar-refractivity contribution in [2.75, 3.05) is 13.1 Å². The number of aryl methyl sites for hydroxylation is 2. The van der Waals surface area contributed by atoms with E-state index in [0.29, 0.717) is 50.5 Å². The lowest BCUT2D eigenvalue weighted by Gasteiger charge is -2.29. The fourth-order valence-electron chi connectivity index (χ4n) is 1.93. The Morgan fingerprint density at radius 1 is 1.53 bits per heavy atom. The van der Waals surface area contributed by atoms with E-state index in [-0.39, 0.29) is 12.0 Å². The second-order valence-corrected chi connectivity index (χ2v) is 4.35. The van der Waals surface area contributed by atoms with Crippen LogP contribution in [-0.4, -0.2) is 45.2 Å². The molecular weight excluding hydrogens is 222 g/mol. The van der Waals surface area contributed by atoms with Crippen LogP contribution >= 0.6 is 0 Å². The van der Waals surface area contributed by atoms with Crippen molar-refractivity contribution < 1.29 is 14.4 Å². The molecule has 1 saturated heterocycles. The summed E-state index contributed by atoms with van der Waals surface area (Å²) in [5, 5.41) is 13.0. The Morgan fingerprint density at radius 2 is 2.24 bits per heavy atom. The third kappa shape index (κ3) is 3.26. The molecule has 2 heterocycles. The zero-order valence-electron chi connectivity index (χ0n) is 9.93. The van der Waals surface area contributed by atoms with Crippen molar-refractivity contribution in [1.29, 1.82) is 0 Å². The number of amides is 1. The summed E-state index contributed by atoms with van der Waals surface area (Å²) in [5.74, 6) is 1.19. The van der Waals surface area contributed by atoms with Crippen LogP contribution in [0, 0.1) is 6.92 Å². The number of likely N-dealkylation sites (tertiary alicyclic amines) is 1. The number of aliphatic hydroxyl groups is 1. The molecule has 0 aliphatic carbocycles. The topological polar surface area (TPSA) is 79.5 Å². The minimum Gasteiger partial charge on any atom is -0.393 e. The van der Waals surface area contributed by atoms with E-state index in [1.54, 1.807) is 11.8 Å². The Hall–Kier alpha value is -1.43. The van der Waals surface area contributed by atoms with Gasteiger partial charge in [0.15, 0.2) is 5.82 Å². The molecular formula is C11H17N3O3. The van der Waals surface area contributed by atoms with Crippen LogP contribution in [0.2, 0.25) is 0 Å². The number of nitrogens with zero attached hydrogens (tertiary/aromatic N) is 3. The van der Waals surface area contributed by atoms with E-state index in [1.165, 1.54) is 0 Å². The van der Waals surface area contributed by atoms with Gasteiger partial charge >= 0.3 is 0 Å². The van der Waals surface area contributed by atoms with Crippen LogP contribution in [0.1, 0.15) is 31.0 Å². The van der Waals surface area contributed by atoms with Gasteiger partial charge in [0.05, 0.1) is 6.10 Å². The van der Waals surface area contributed by atoms with E-state index in [2.05, 4.69) is 10.1 Å². The van der Waals surface area contributed by atoms with Crippen molar-refractivity contribution in [2.24, 2.45) is 0 Å². The molecule has 6 heteroatoms. The minimum absolute atomic E-state index is 0.0905. The van der Waals surface area contributed by atoms with E-state index in [9.17, 15) is 9.90 Å². The third-order valence-electron chi connectivity index (χ3n) is 2.94. The Balaban J connectivity index is 1.77. The van der Waals surface area contributed by atoms with Gasteiger partial charge in [-0.3, -0.25) is 4.79 Å². The van der Waals surface area contributed by atoms with Crippen LogP contribution in [0.15, 0.2) is 4.52 Å². The van der Waals surface area contributed by atoms with E-state index < -0.39 is 0 Å². The number of aromatic nitrogens is 2. The van der Waals surface area contributed by atoms with E-state index in [1.807, 2.05) is 0 Å². The molecule has 94 valence electrons. The summed E-state index contributed by atoms with van der Waals surface area (Å²) in [4.78, 5) is 17.7. The predicted molar refractivity (Wildman–Crippen MR) is 59.2 cm³/mol. The highest BCUT2D eigenvalue weighted by atomic mass is 16.5. The normalized spacial score (nSPS) is 17.4. The lowest BCUT2D eigenvalue weighted by atomic mass is 10.1. The fraction of sp³-hybridized carbons (Fsp3) is 0.727. The third-order valence-corrected chi connectivity index (χ3v) is 2.94. The number of hydrogen-bond acceptors (Lipinski definition) is 5. The zero-order valence-corrected chi connectivity index (χ0v) is 9.93. The first-order valence-electron chi connectivity index (χ1n) is 5.90. The van der Waals surface area contributed by atoms with Gasteiger partial charge in [-0.2, -0.15) is 4.98 Å². The molecule has 1 amide bonds. The second-order valence-electron chi connectivity index (χ2n) is 4.35. The largest absolute Gasteiger partial charge is 0.393 e. The van der Waals surface area contributed by atoms with Gasteiger partial charge in [-0.05, 0) is 19.8 Å². The number of carbonyl (C=O) groups is 1. The van der Waals surface area contributed by atoms with Gasteiger partial charge in [0.1, 0.15) is 0 Å². The summed E-state index contributed by atoms with van der Waals surface area (Å²) < 4.78 is 4.95. The van der Waals surface area contributed by atoms with Gasteiger partial charge in [0.2, 0.25) is 11.8 Å². The van der Waals surface area contributed by atoms with Crippen LogP contribution in [0.4, 0.5) is 0 Å². The molecule has 2 rings (SSSR count). The summed E-state index contributed by atoms with van der Waals surface area (Å²) >= 11 is 0. The van der Waals surface area contributed by atoms with Crippen LogP contribution in [-0.2, 0) is 11.2 Å². The molecule has 17 heavy (non-hydrogen) atoms. The summed E-state index contributed by atoms with van der Waals surface area (Å²) in [6, 6.07) is 0. The summed E-state index contributed by atoms with van der Waals surface area (Å²) in [5.41, 5.74) is 0. The molecule has 1 aliphatic rings. The lowest BCUT2D eigenvalue weighted by molar-refractivity contribution is -0.133. The monoisotopic (exact) mass is 239 g/mol. The zero-order chi connectivity index (χ0) is 12.3. The molecule has 1 aromatic heterocycles. The smallest absolute Gasteiger partial charge is 0.227 e. The lowest BCUT2D eigenvalue weighted by Crippen LogP contribution is -2.40. The second kappa shape index (κ2) is 5.27. The molecule has 0 atom stereocenters. The number of piperidine rings is 1. The number of rotatable bonds is 3. The Bertz CT molecular complexity index is 383. The average molecular weight is 239 g/mol. The molecule has 0 unspecified atom stereocenters. The molecule has 0 spiro atoms. The molecule has 6 nitrogen and oxygen atoms in total. The van der Waals surface area contributed by atoms with Gasteiger partial charge < -0.3 is 14.5 Å². The Morgan fingerprint density at radius 3 is 2.82 bits per heavy atom. The number of aliphatic hydroxyl groups excluding tert-OH is 1. The van der Waals surface area contributed by atoms with E-state index in [0.717, 1.165) is 0 Å². The first kappa shape index (κ1) is 12.0. The molecule has 1 aliphatic heterocycles. The van der Waals surface area contributed by atoms with Gasteiger partial charge in [-0.1, -0.05) is 5.16 Å². The van der Waals surface area contributed by atoms with Crippen molar-refractivity contribution >= 4 is 5.91 Å². The van der Waals surface area contributed by atoms with Crippen LogP contribution in [0.3, 0.4) is 0 Å². The van der Waals surface area contributed by atoms with Crippen LogP contribution in [0.5, 0.6) is 0 Å². The highest BCUT2D eigenvalue weighted by Gasteiger charge is 2.21. The van der Waals surface area contributed by atoms with Gasteiger partial charge in [-0.25, -0.2) is 0 Å². The first-order valence-corrected chi connectivity index (χ1v) is 5.90. The van der Waals surface area contributed by atoms with Gasteiger partial charge in [-0.15, -0.1) is 0 Å². The van der Waals surface area contributed by atoms with Crippen molar-refractivity contribution in [3.8, 4) is 0 Å². The summed E-state index contributed by atoms with van der Waals surface area (Å²) in [6.07, 6.45) is 1.96. The highest BCUT2D eigenvalue weighted by Crippen LogP contribution is 2.12. The fourth-order valence-corrected chi connectivity index (χ4v) is 1.93. The Labute approximate surface area is 99.6 Å². The molecule has 1 N–H and O–H groups in total. The molecule has 0 bridgehead atoms. The van der Waals surface area contributed by atoms with Crippen molar-refractivity contribution in [3.63, 3.8) is 0 Å². The van der Waals surface area contributed by atoms with Crippen molar-refractivity contribution in [1.82, 2.24) is 15.0 Å². The van der Waals surface area contributed by atoms with Crippen LogP contribution in [0.25, 0.3) is 0 Å². The maximum Gasteiger partial charge on any atom is 0.227 e. The van der Waals surface area contributed by atoms with Gasteiger partial charge in [0, 0.05) is 25.9 Å². The molecule has 0 aromatic carbocycles. The van der Waals surface area contributed by atoms with Gasteiger partial charge in [0.25, 0.3) is 0 Å². The molecule has 0 radical (unpaired) electrons. The average Bonchev–Trinajstić information content (AvgIpc) is 2.73. The predicted octanol–water partition coefficient (Wildman–Crippen LogP) is 0.294. The van der Waals surface area contributed by atoms with E-state index >= 15 is 0 Å². The van der Waals surface area contributed by atoms with Crippen LogP contribution < -0.4 is 0 Å². The number of hydrogen-bond donors (Lipinski definition) is 1. The quantitative estimate of drug-likeness (QED) is 0.820. The maximum absolute atomic E-state index is 11.8. The summed E-state index contributed by atoms with van der Waals surface area (Å²) in [7, 11) is 0. The molecule has 1 aromatic rings. The first-order chi connectivity index (χ1) is 8.15. The van der Waals surface area contributed by atoms with E-state index in [4.69, 9.17) is 4.52 Å². The highest BCUT2D eigenvalue weighted by molar-refractivity contribution is 5.76. The summed E-state index contributed by atoms with van der Waals surface area (Å²) in [6.45, 7) is 3.03. The SMILES string of the molecule is Cc1noc(CCC(=O)N2CCC(O)CC2)n1. The van der Waals surface area contributed by atoms with Crippen molar-refractivity contribution in [3.05, 3.63) is 11.7 Å². The standard InChI is InChI=1S/C11H17N3O3/c1-8-12-10(17-13-8)2-3-11(16)14-6-4-9(15)5-7-14/h9,15H,2-7H2,1H3. The van der Waals surface area contributed by atoms with Crippen molar-refractivity contribution in [2.45, 2.75) is 38.7 Å². The maximum atomic E-state index is 11.8.